The summed E-state index contributed by atoms with van der Waals surface area (Å²) in [6.07, 6.45) is 3.77. The molecular formula is C27H24O7. The maximum absolute atomic E-state index is 11.6. The van der Waals surface area contributed by atoms with Crippen molar-refractivity contribution in [3.05, 3.63) is 71.3 Å². The van der Waals surface area contributed by atoms with E-state index in [2.05, 4.69) is 0 Å². The molecule has 4 aromatic rings. The van der Waals surface area contributed by atoms with Gasteiger partial charge < -0.3 is 28.5 Å². The number of carboxylic acid groups (broad SMARTS) is 1. The van der Waals surface area contributed by atoms with Gasteiger partial charge in [-0.05, 0) is 66.2 Å². The molecule has 0 spiro atoms. The van der Waals surface area contributed by atoms with E-state index in [1.54, 1.807) is 40.6 Å². The molecule has 34 heavy (non-hydrogen) atoms. The van der Waals surface area contributed by atoms with Gasteiger partial charge in [-0.25, -0.2) is 4.79 Å². The maximum Gasteiger partial charge on any atom is 0.335 e. The van der Waals surface area contributed by atoms with Gasteiger partial charge in [-0.1, -0.05) is 6.08 Å². The fourth-order valence-electron chi connectivity index (χ4n) is 3.75. The van der Waals surface area contributed by atoms with Gasteiger partial charge in [0.1, 0.15) is 17.1 Å². The number of carboxylic acids is 1. The number of methoxy groups -OCH3 is 4. The highest BCUT2D eigenvalue weighted by atomic mass is 16.5. The van der Waals surface area contributed by atoms with Gasteiger partial charge in [0.25, 0.3) is 0 Å². The van der Waals surface area contributed by atoms with Crippen LogP contribution < -0.4 is 18.9 Å². The summed E-state index contributed by atoms with van der Waals surface area (Å²) in [6.45, 7) is 0. The summed E-state index contributed by atoms with van der Waals surface area (Å²) >= 11 is 0. The Balaban J connectivity index is 1.88. The van der Waals surface area contributed by atoms with Crippen LogP contribution in [0.4, 0.5) is 0 Å². The Hall–Kier alpha value is -4.39. The van der Waals surface area contributed by atoms with Gasteiger partial charge in [0, 0.05) is 16.5 Å². The Morgan fingerprint density at radius 2 is 1.50 bits per heavy atom. The molecule has 174 valence electrons. The van der Waals surface area contributed by atoms with Crippen LogP contribution in [0.1, 0.15) is 21.5 Å². The highest BCUT2D eigenvalue weighted by Crippen LogP contribution is 2.40. The van der Waals surface area contributed by atoms with Gasteiger partial charge in [-0.2, -0.15) is 0 Å². The standard InChI is InChI=1S/C27H24O7/c1-30-19-9-6-17(7-10-19)25-20(21-15-18(27(28)29)8-12-22(21)34-25)11-5-16-13-23(31-2)26(33-4)24(14-16)32-3/h5-15H,1-4H3,(H,28,29). The number of furan rings is 1. The van der Waals surface area contributed by atoms with Gasteiger partial charge in [0.15, 0.2) is 11.5 Å². The second kappa shape index (κ2) is 9.62. The van der Waals surface area contributed by atoms with Crippen LogP contribution >= 0.6 is 0 Å². The molecule has 0 saturated carbocycles. The smallest absolute Gasteiger partial charge is 0.335 e. The summed E-state index contributed by atoms with van der Waals surface area (Å²) < 4.78 is 27.7. The molecule has 0 bridgehead atoms. The van der Waals surface area contributed by atoms with Crippen LogP contribution in [0.15, 0.2) is 59.0 Å². The van der Waals surface area contributed by atoms with Gasteiger partial charge in [-0.3, -0.25) is 0 Å². The number of aromatic carboxylic acids is 1. The van der Waals surface area contributed by atoms with E-state index in [-0.39, 0.29) is 5.56 Å². The lowest BCUT2D eigenvalue weighted by molar-refractivity contribution is 0.0697. The first kappa shape index (κ1) is 22.8. The molecule has 0 atom stereocenters. The van der Waals surface area contributed by atoms with Crippen LogP contribution in [-0.4, -0.2) is 39.5 Å². The summed E-state index contributed by atoms with van der Waals surface area (Å²) in [5.74, 6) is 1.89. The predicted molar refractivity (Wildman–Crippen MR) is 130 cm³/mol. The summed E-state index contributed by atoms with van der Waals surface area (Å²) in [5, 5.41) is 10.2. The van der Waals surface area contributed by atoms with Crippen molar-refractivity contribution in [3.63, 3.8) is 0 Å². The highest BCUT2D eigenvalue weighted by Gasteiger charge is 2.17. The van der Waals surface area contributed by atoms with Crippen molar-refractivity contribution in [1.29, 1.82) is 0 Å². The zero-order chi connectivity index (χ0) is 24.2. The molecule has 4 rings (SSSR count). The summed E-state index contributed by atoms with van der Waals surface area (Å²) in [4.78, 5) is 11.6. The molecule has 0 aliphatic heterocycles. The van der Waals surface area contributed by atoms with Crippen LogP contribution in [0.3, 0.4) is 0 Å². The zero-order valence-corrected chi connectivity index (χ0v) is 19.2. The summed E-state index contributed by atoms with van der Waals surface area (Å²) in [7, 11) is 6.27. The molecule has 7 nitrogen and oxygen atoms in total. The van der Waals surface area contributed by atoms with E-state index < -0.39 is 5.97 Å². The first-order valence-electron chi connectivity index (χ1n) is 10.4. The number of carbonyl (C=O) groups is 1. The number of hydrogen-bond donors (Lipinski definition) is 1. The molecule has 0 aliphatic carbocycles. The SMILES string of the molecule is COc1ccc(-c2oc3ccc(C(=O)O)cc3c2C=Cc2cc(OC)c(OC)c(OC)c2)cc1. The minimum atomic E-state index is -1.01. The Morgan fingerprint density at radius 3 is 2.06 bits per heavy atom. The van der Waals surface area contributed by atoms with E-state index in [0.29, 0.717) is 34.0 Å². The highest BCUT2D eigenvalue weighted by molar-refractivity contribution is 6.00. The molecule has 1 N–H and O–H groups in total. The molecule has 0 saturated heterocycles. The third-order valence-corrected chi connectivity index (χ3v) is 5.46. The summed E-state index contributed by atoms with van der Waals surface area (Å²) in [6, 6.07) is 15.9. The first-order valence-corrected chi connectivity index (χ1v) is 10.4. The van der Waals surface area contributed by atoms with E-state index in [0.717, 1.165) is 22.4 Å². The van der Waals surface area contributed by atoms with Gasteiger partial charge in [0.2, 0.25) is 5.75 Å². The number of hydrogen-bond acceptors (Lipinski definition) is 6. The number of benzene rings is 3. The molecule has 0 fully saturated rings. The third kappa shape index (κ3) is 4.28. The Morgan fingerprint density at radius 1 is 0.824 bits per heavy atom. The van der Waals surface area contributed by atoms with E-state index in [4.69, 9.17) is 23.4 Å². The summed E-state index contributed by atoms with van der Waals surface area (Å²) in [5.41, 5.74) is 3.15. The second-order valence-electron chi connectivity index (χ2n) is 7.38. The van der Waals surface area contributed by atoms with E-state index >= 15 is 0 Å². The van der Waals surface area contributed by atoms with Crippen molar-refractivity contribution in [3.8, 4) is 34.3 Å². The average molecular weight is 460 g/mol. The average Bonchev–Trinajstić information content (AvgIpc) is 3.24. The monoisotopic (exact) mass is 460 g/mol. The van der Waals surface area contributed by atoms with Crippen LogP contribution in [0, 0.1) is 0 Å². The molecule has 0 aliphatic rings. The fraction of sp³-hybridized carbons (Fsp3) is 0.148. The van der Waals surface area contributed by atoms with E-state index in [1.165, 1.54) is 6.07 Å². The van der Waals surface area contributed by atoms with Crippen molar-refractivity contribution in [2.45, 2.75) is 0 Å². The van der Waals surface area contributed by atoms with Gasteiger partial charge in [0.05, 0.1) is 34.0 Å². The van der Waals surface area contributed by atoms with E-state index in [9.17, 15) is 9.90 Å². The molecule has 1 heterocycles. The maximum atomic E-state index is 11.6. The number of ether oxygens (including phenoxy) is 4. The van der Waals surface area contributed by atoms with Crippen molar-refractivity contribution in [1.82, 2.24) is 0 Å². The Kier molecular flexibility index (Phi) is 6.45. The topological polar surface area (TPSA) is 87.4 Å². The fourth-order valence-corrected chi connectivity index (χ4v) is 3.75. The van der Waals surface area contributed by atoms with Crippen molar-refractivity contribution in [2.24, 2.45) is 0 Å². The lowest BCUT2D eigenvalue weighted by atomic mass is 10.0. The second-order valence-corrected chi connectivity index (χ2v) is 7.38. The molecule has 0 amide bonds. The van der Waals surface area contributed by atoms with Crippen molar-refractivity contribution >= 4 is 29.1 Å². The molecule has 7 heteroatoms. The van der Waals surface area contributed by atoms with E-state index in [1.807, 2.05) is 48.6 Å². The Bertz CT molecular complexity index is 1340. The number of fused-ring (bicyclic) bond motifs is 1. The van der Waals surface area contributed by atoms with Crippen LogP contribution in [0.5, 0.6) is 23.0 Å². The minimum Gasteiger partial charge on any atom is -0.497 e. The minimum absolute atomic E-state index is 0.178. The lowest BCUT2D eigenvalue weighted by Gasteiger charge is -2.12. The van der Waals surface area contributed by atoms with Crippen LogP contribution in [-0.2, 0) is 0 Å². The quantitative estimate of drug-likeness (QED) is 0.345. The molecule has 0 radical (unpaired) electrons. The lowest BCUT2D eigenvalue weighted by Crippen LogP contribution is -1.95. The van der Waals surface area contributed by atoms with Gasteiger partial charge >= 0.3 is 5.97 Å². The Labute approximate surface area is 196 Å². The predicted octanol–water partition coefficient (Wildman–Crippen LogP) is 6.00. The number of rotatable bonds is 8. The van der Waals surface area contributed by atoms with Crippen molar-refractivity contribution in [2.75, 3.05) is 28.4 Å². The van der Waals surface area contributed by atoms with Gasteiger partial charge in [-0.15, -0.1) is 0 Å². The zero-order valence-electron chi connectivity index (χ0n) is 19.2. The molecular weight excluding hydrogens is 436 g/mol. The van der Waals surface area contributed by atoms with Crippen molar-refractivity contribution < 1.29 is 33.3 Å². The first-order chi connectivity index (χ1) is 16.5. The normalized spacial score (nSPS) is 11.1. The largest absolute Gasteiger partial charge is 0.497 e. The third-order valence-electron chi connectivity index (χ3n) is 5.46. The molecule has 3 aromatic carbocycles. The van der Waals surface area contributed by atoms with Crippen LogP contribution in [0.2, 0.25) is 0 Å². The van der Waals surface area contributed by atoms with Crippen LogP contribution in [0.25, 0.3) is 34.4 Å². The molecule has 0 unspecified atom stereocenters. The molecule has 1 aromatic heterocycles.